The van der Waals surface area contributed by atoms with Crippen LogP contribution in [0.15, 0.2) is 30.3 Å². The van der Waals surface area contributed by atoms with Crippen LogP contribution >= 0.6 is 0 Å². The fourth-order valence-corrected chi connectivity index (χ4v) is 2.38. The fraction of sp³-hybridized carbons (Fsp3) is 0.562. The molecule has 0 radical (unpaired) electrons. The van der Waals surface area contributed by atoms with Gasteiger partial charge in [-0.25, -0.2) is 0 Å². The van der Waals surface area contributed by atoms with E-state index in [1.54, 1.807) is 0 Å². The zero-order valence-electron chi connectivity index (χ0n) is 12.3. The number of nitrogens with zero attached hydrogens (tertiary/aromatic N) is 1. The number of benzene rings is 1. The first-order chi connectivity index (χ1) is 9.66. The van der Waals surface area contributed by atoms with Gasteiger partial charge >= 0.3 is 0 Å². The predicted molar refractivity (Wildman–Crippen MR) is 79.4 cm³/mol. The van der Waals surface area contributed by atoms with Crippen LogP contribution in [-0.2, 0) is 16.0 Å². The summed E-state index contributed by atoms with van der Waals surface area (Å²) >= 11 is 0. The van der Waals surface area contributed by atoms with Crippen LogP contribution in [0.2, 0.25) is 0 Å². The summed E-state index contributed by atoms with van der Waals surface area (Å²) in [5, 5.41) is 3.29. The van der Waals surface area contributed by atoms with Gasteiger partial charge in [-0.15, -0.1) is 0 Å². The van der Waals surface area contributed by atoms with Crippen molar-refractivity contribution in [3.05, 3.63) is 35.9 Å². The average Bonchev–Trinajstić information content (AvgIpc) is 2.79. The molecule has 1 heterocycles. The molecule has 1 amide bonds. The highest BCUT2D eigenvalue weighted by molar-refractivity contribution is 5.83. The molecule has 1 N–H and O–H groups in total. The molecule has 1 saturated heterocycles. The van der Waals surface area contributed by atoms with Crippen LogP contribution in [-0.4, -0.2) is 42.8 Å². The highest BCUT2D eigenvalue weighted by Crippen LogP contribution is 2.11. The number of ether oxygens (including phenoxy) is 1. The number of carbonyl (C=O) groups is 1. The molecule has 4 heteroatoms. The zero-order valence-corrected chi connectivity index (χ0v) is 12.3. The van der Waals surface area contributed by atoms with E-state index < -0.39 is 0 Å². The molecule has 110 valence electrons. The summed E-state index contributed by atoms with van der Waals surface area (Å²) in [7, 11) is 0. The molecule has 0 aromatic heterocycles. The van der Waals surface area contributed by atoms with Crippen molar-refractivity contribution in [1.82, 2.24) is 10.2 Å². The molecular weight excluding hydrogens is 252 g/mol. The van der Waals surface area contributed by atoms with E-state index in [2.05, 4.69) is 17.4 Å². The summed E-state index contributed by atoms with van der Waals surface area (Å²) in [6, 6.07) is 10.2. The second-order valence-electron chi connectivity index (χ2n) is 5.46. The Labute approximate surface area is 121 Å². The van der Waals surface area contributed by atoms with E-state index in [-0.39, 0.29) is 18.1 Å². The third-order valence-electron chi connectivity index (χ3n) is 3.52. The van der Waals surface area contributed by atoms with Crippen LogP contribution in [0.4, 0.5) is 0 Å². The van der Waals surface area contributed by atoms with E-state index >= 15 is 0 Å². The van der Waals surface area contributed by atoms with Crippen LogP contribution < -0.4 is 5.32 Å². The Balaban J connectivity index is 1.73. The monoisotopic (exact) mass is 276 g/mol. The maximum atomic E-state index is 12.2. The first kappa shape index (κ1) is 15.0. The lowest BCUT2D eigenvalue weighted by molar-refractivity contribution is -0.129. The van der Waals surface area contributed by atoms with Crippen molar-refractivity contribution in [3.8, 4) is 0 Å². The Kier molecular flexibility index (Phi) is 5.56. The summed E-state index contributed by atoms with van der Waals surface area (Å²) in [6.45, 7) is 5.93. The summed E-state index contributed by atoms with van der Waals surface area (Å²) in [6.07, 6.45) is 2.00. The summed E-state index contributed by atoms with van der Waals surface area (Å²) in [5.41, 5.74) is 1.28. The lowest BCUT2D eigenvalue weighted by atomic mass is 10.1. The van der Waals surface area contributed by atoms with Crippen molar-refractivity contribution in [2.45, 2.75) is 38.8 Å². The smallest absolute Gasteiger partial charge is 0.240 e. The molecule has 1 atom stereocenters. The number of rotatable bonds is 7. The quantitative estimate of drug-likeness (QED) is 0.825. The summed E-state index contributed by atoms with van der Waals surface area (Å²) < 4.78 is 5.49. The molecule has 1 unspecified atom stereocenters. The van der Waals surface area contributed by atoms with Crippen molar-refractivity contribution in [3.63, 3.8) is 0 Å². The molecular formula is C16H24N2O2. The molecule has 1 aliphatic rings. The number of amides is 1. The predicted octanol–water partition coefficient (Wildman–Crippen LogP) is 1.80. The second-order valence-corrected chi connectivity index (χ2v) is 5.46. The average molecular weight is 276 g/mol. The Bertz CT molecular complexity index is 420. The van der Waals surface area contributed by atoms with Crippen molar-refractivity contribution in [1.29, 1.82) is 0 Å². The topological polar surface area (TPSA) is 41.6 Å². The molecule has 1 aliphatic heterocycles. The number of aryl methyl sites for hydroxylation is 1. The lowest BCUT2D eigenvalue weighted by Gasteiger charge is -2.16. The van der Waals surface area contributed by atoms with Crippen molar-refractivity contribution < 1.29 is 9.53 Å². The van der Waals surface area contributed by atoms with Crippen LogP contribution in [0, 0.1) is 0 Å². The highest BCUT2D eigenvalue weighted by atomic mass is 16.5. The molecule has 1 fully saturated rings. The molecule has 0 bridgehead atoms. The lowest BCUT2D eigenvalue weighted by Crippen LogP contribution is -2.33. The Morgan fingerprint density at radius 1 is 1.35 bits per heavy atom. The molecule has 20 heavy (non-hydrogen) atoms. The van der Waals surface area contributed by atoms with Crippen LogP contribution in [0.3, 0.4) is 0 Å². The van der Waals surface area contributed by atoms with Gasteiger partial charge in [0.2, 0.25) is 5.91 Å². The zero-order chi connectivity index (χ0) is 14.4. The standard InChI is InChI=1S/C16H24N2O2/c1-13(2)20-11-10-18-12-17-15(16(18)19)9-8-14-6-4-3-5-7-14/h3-7,13,15,17H,8-12H2,1-2H3. The van der Waals surface area contributed by atoms with Gasteiger partial charge in [0, 0.05) is 6.54 Å². The van der Waals surface area contributed by atoms with Crippen LogP contribution in [0.25, 0.3) is 0 Å². The van der Waals surface area contributed by atoms with Gasteiger partial charge in [0.25, 0.3) is 0 Å². The Morgan fingerprint density at radius 3 is 2.80 bits per heavy atom. The second kappa shape index (κ2) is 7.41. The largest absolute Gasteiger partial charge is 0.377 e. The molecule has 2 rings (SSSR count). The number of nitrogens with one attached hydrogen (secondary N) is 1. The van der Waals surface area contributed by atoms with Crippen molar-refractivity contribution in [2.24, 2.45) is 0 Å². The first-order valence-corrected chi connectivity index (χ1v) is 7.34. The van der Waals surface area contributed by atoms with Crippen molar-refractivity contribution in [2.75, 3.05) is 19.8 Å². The third kappa shape index (κ3) is 4.32. The molecule has 1 aromatic rings. The van der Waals surface area contributed by atoms with E-state index in [1.165, 1.54) is 5.56 Å². The van der Waals surface area contributed by atoms with Crippen LogP contribution in [0.5, 0.6) is 0 Å². The van der Waals surface area contributed by atoms with E-state index in [1.807, 2.05) is 36.9 Å². The molecule has 0 aliphatic carbocycles. The maximum absolute atomic E-state index is 12.2. The van der Waals surface area contributed by atoms with Crippen molar-refractivity contribution >= 4 is 5.91 Å². The van der Waals surface area contributed by atoms with E-state index in [0.717, 1.165) is 12.8 Å². The first-order valence-electron chi connectivity index (χ1n) is 7.34. The SMILES string of the molecule is CC(C)OCCN1CNC(CCc2ccccc2)C1=O. The van der Waals surface area contributed by atoms with Gasteiger partial charge in [0.1, 0.15) is 0 Å². The Morgan fingerprint density at radius 2 is 2.10 bits per heavy atom. The number of hydrogen-bond acceptors (Lipinski definition) is 3. The Hall–Kier alpha value is -1.39. The van der Waals surface area contributed by atoms with Gasteiger partial charge in [0.05, 0.1) is 25.4 Å². The normalized spacial score (nSPS) is 19.1. The van der Waals surface area contributed by atoms with Gasteiger partial charge in [-0.05, 0) is 32.3 Å². The van der Waals surface area contributed by atoms with Crippen LogP contribution in [0.1, 0.15) is 25.8 Å². The number of carbonyl (C=O) groups excluding carboxylic acids is 1. The maximum Gasteiger partial charge on any atom is 0.240 e. The third-order valence-corrected chi connectivity index (χ3v) is 3.52. The minimum Gasteiger partial charge on any atom is -0.377 e. The number of hydrogen-bond donors (Lipinski definition) is 1. The minimum atomic E-state index is -0.0470. The highest BCUT2D eigenvalue weighted by Gasteiger charge is 2.30. The molecule has 4 nitrogen and oxygen atoms in total. The van der Waals surface area contributed by atoms with Gasteiger partial charge in [-0.3, -0.25) is 10.1 Å². The molecule has 0 spiro atoms. The van der Waals surface area contributed by atoms with E-state index in [9.17, 15) is 4.79 Å². The van der Waals surface area contributed by atoms with Gasteiger partial charge in [0.15, 0.2) is 0 Å². The summed E-state index contributed by atoms with van der Waals surface area (Å²) in [4.78, 5) is 14.1. The molecule has 1 aromatic carbocycles. The summed E-state index contributed by atoms with van der Waals surface area (Å²) in [5.74, 6) is 0.202. The van der Waals surface area contributed by atoms with Gasteiger partial charge < -0.3 is 9.64 Å². The molecule has 0 saturated carbocycles. The van der Waals surface area contributed by atoms with Gasteiger partial charge in [-0.2, -0.15) is 0 Å². The fourth-order valence-electron chi connectivity index (χ4n) is 2.38. The minimum absolute atomic E-state index is 0.0470. The van der Waals surface area contributed by atoms with E-state index in [4.69, 9.17) is 4.74 Å². The van der Waals surface area contributed by atoms with Gasteiger partial charge in [-0.1, -0.05) is 30.3 Å². The van der Waals surface area contributed by atoms with E-state index in [0.29, 0.717) is 19.8 Å².